The number of methoxy groups -OCH3 is 1. The second-order valence-electron chi connectivity index (χ2n) is 6.12. The predicted molar refractivity (Wildman–Crippen MR) is 90.0 cm³/mol. The van der Waals surface area contributed by atoms with Crippen molar-refractivity contribution in [1.82, 2.24) is 4.90 Å². The largest absolute Gasteiger partial charge is 0.497 e. The van der Waals surface area contributed by atoms with E-state index in [1.807, 2.05) is 0 Å². The van der Waals surface area contributed by atoms with Crippen LogP contribution in [0.2, 0.25) is 0 Å². The number of amides is 1. The van der Waals surface area contributed by atoms with E-state index in [0.29, 0.717) is 17.7 Å². The Balaban J connectivity index is 1.84. The summed E-state index contributed by atoms with van der Waals surface area (Å²) in [4.78, 5) is 24.8. The number of halogens is 2. The molecule has 26 heavy (non-hydrogen) atoms. The summed E-state index contributed by atoms with van der Waals surface area (Å²) in [7, 11) is 1.42. The fraction of sp³-hybridized carbons (Fsp3) is 0.263. The highest BCUT2D eigenvalue weighted by Crippen LogP contribution is 2.28. The van der Waals surface area contributed by atoms with Crippen molar-refractivity contribution in [3.63, 3.8) is 0 Å². The van der Waals surface area contributed by atoms with Gasteiger partial charge in [-0.3, -0.25) is 9.59 Å². The number of ether oxygens (including phenoxy) is 1. The summed E-state index contributed by atoms with van der Waals surface area (Å²) >= 11 is 0. The van der Waals surface area contributed by atoms with Crippen LogP contribution in [0, 0.1) is 17.6 Å². The molecule has 136 valence electrons. The molecule has 5 nitrogen and oxygen atoms in total. The minimum atomic E-state index is -0.967. The Bertz CT molecular complexity index is 869. The van der Waals surface area contributed by atoms with E-state index in [4.69, 9.17) is 9.84 Å². The number of carbonyl (C=O) groups excluding carboxylic acids is 1. The van der Waals surface area contributed by atoms with Gasteiger partial charge in [0, 0.05) is 24.7 Å². The van der Waals surface area contributed by atoms with Crippen molar-refractivity contribution in [2.45, 2.75) is 6.42 Å². The first kappa shape index (κ1) is 17.8. The van der Waals surface area contributed by atoms with E-state index in [1.54, 1.807) is 6.07 Å². The zero-order chi connectivity index (χ0) is 18.8. The molecule has 0 radical (unpaired) electrons. The number of carboxylic acids is 1. The number of hydrogen-bond acceptors (Lipinski definition) is 3. The van der Waals surface area contributed by atoms with Crippen LogP contribution in [0.25, 0.3) is 11.1 Å². The Labute approximate surface area is 148 Å². The molecule has 1 fully saturated rings. The first-order valence-electron chi connectivity index (χ1n) is 8.06. The van der Waals surface area contributed by atoms with Gasteiger partial charge < -0.3 is 14.7 Å². The summed E-state index contributed by atoms with van der Waals surface area (Å²) in [5, 5.41) is 9.01. The molecule has 0 saturated carbocycles. The summed E-state index contributed by atoms with van der Waals surface area (Å²) < 4.78 is 33.5. The van der Waals surface area contributed by atoms with Gasteiger partial charge >= 0.3 is 5.97 Å². The molecule has 7 heteroatoms. The smallest absolute Gasteiger partial charge is 0.308 e. The molecule has 2 aromatic rings. The SMILES string of the molecule is COc1ccc(-c2ccc(C(=O)N3CC[C@H](C(=O)O)C3)c(F)c2)c(F)c1. The fourth-order valence-electron chi connectivity index (χ4n) is 3.03. The Kier molecular flexibility index (Phi) is 4.88. The van der Waals surface area contributed by atoms with E-state index in [2.05, 4.69) is 0 Å². The Morgan fingerprint density at radius 3 is 2.50 bits per heavy atom. The van der Waals surface area contributed by atoms with Crippen LogP contribution in [0.1, 0.15) is 16.8 Å². The van der Waals surface area contributed by atoms with Crippen LogP contribution in [0.4, 0.5) is 8.78 Å². The minimum absolute atomic E-state index is 0.0580. The highest BCUT2D eigenvalue weighted by Gasteiger charge is 2.32. The van der Waals surface area contributed by atoms with Gasteiger partial charge in [0.2, 0.25) is 0 Å². The number of rotatable bonds is 4. The van der Waals surface area contributed by atoms with Gasteiger partial charge in [0.25, 0.3) is 5.91 Å². The second kappa shape index (κ2) is 7.11. The maximum Gasteiger partial charge on any atom is 0.308 e. The van der Waals surface area contributed by atoms with Gasteiger partial charge in [0.1, 0.15) is 17.4 Å². The number of carbonyl (C=O) groups is 2. The molecule has 1 aliphatic rings. The lowest BCUT2D eigenvalue weighted by atomic mass is 10.0. The van der Waals surface area contributed by atoms with Gasteiger partial charge in [-0.15, -0.1) is 0 Å². The summed E-state index contributed by atoms with van der Waals surface area (Å²) in [5.41, 5.74) is 0.327. The molecule has 1 saturated heterocycles. The van der Waals surface area contributed by atoms with Crippen molar-refractivity contribution in [2.24, 2.45) is 5.92 Å². The van der Waals surface area contributed by atoms with Crippen molar-refractivity contribution in [3.05, 3.63) is 53.6 Å². The van der Waals surface area contributed by atoms with Crippen molar-refractivity contribution in [1.29, 1.82) is 0 Å². The van der Waals surface area contributed by atoms with Gasteiger partial charge in [-0.05, 0) is 36.2 Å². The normalized spacial score (nSPS) is 16.6. The van der Waals surface area contributed by atoms with Crippen LogP contribution >= 0.6 is 0 Å². The molecule has 2 aromatic carbocycles. The number of carboxylic acid groups (broad SMARTS) is 1. The molecular weight excluding hydrogens is 344 g/mol. The lowest BCUT2D eigenvalue weighted by Crippen LogP contribution is -2.30. The topological polar surface area (TPSA) is 66.8 Å². The van der Waals surface area contributed by atoms with Crippen LogP contribution in [0.5, 0.6) is 5.75 Å². The molecule has 0 spiro atoms. The summed E-state index contributed by atoms with van der Waals surface area (Å²) in [5.74, 6) is -3.15. The molecule has 0 aromatic heterocycles. The molecule has 1 aliphatic heterocycles. The van der Waals surface area contributed by atoms with Crippen molar-refractivity contribution in [2.75, 3.05) is 20.2 Å². The average Bonchev–Trinajstić information content (AvgIpc) is 3.11. The van der Waals surface area contributed by atoms with Crippen molar-refractivity contribution >= 4 is 11.9 Å². The van der Waals surface area contributed by atoms with E-state index in [9.17, 15) is 18.4 Å². The fourth-order valence-corrected chi connectivity index (χ4v) is 3.03. The van der Waals surface area contributed by atoms with Gasteiger partial charge in [-0.2, -0.15) is 0 Å². The Morgan fingerprint density at radius 2 is 1.92 bits per heavy atom. The lowest BCUT2D eigenvalue weighted by Gasteiger charge is -2.16. The number of nitrogens with zero attached hydrogens (tertiary/aromatic N) is 1. The summed E-state index contributed by atoms with van der Waals surface area (Å²) in [6, 6.07) is 8.09. The van der Waals surface area contributed by atoms with E-state index in [0.717, 1.165) is 6.07 Å². The molecule has 3 rings (SSSR count). The van der Waals surface area contributed by atoms with Gasteiger partial charge in [0.15, 0.2) is 0 Å². The van der Waals surface area contributed by atoms with E-state index in [1.165, 1.54) is 36.3 Å². The number of hydrogen-bond donors (Lipinski definition) is 1. The zero-order valence-corrected chi connectivity index (χ0v) is 14.0. The quantitative estimate of drug-likeness (QED) is 0.908. The Morgan fingerprint density at radius 1 is 1.15 bits per heavy atom. The maximum atomic E-state index is 14.5. The van der Waals surface area contributed by atoms with E-state index < -0.39 is 29.4 Å². The Hall–Kier alpha value is -2.96. The van der Waals surface area contributed by atoms with Crippen LogP contribution in [-0.4, -0.2) is 42.1 Å². The number of likely N-dealkylation sites (tertiary alicyclic amines) is 1. The molecule has 0 aliphatic carbocycles. The molecule has 1 amide bonds. The van der Waals surface area contributed by atoms with Crippen LogP contribution in [0.15, 0.2) is 36.4 Å². The van der Waals surface area contributed by atoms with Crippen LogP contribution in [0.3, 0.4) is 0 Å². The highest BCUT2D eigenvalue weighted by atomic mass is 19.1. The first-order valence-corrected chi connectivity index (χ1v) is 8.06. The van der Waals surface area contributed by atoms with Crippen LogP contribution < -0.4 is 4.74 Å². The predicted octanol–water partition coefficient (Wildman–Crippen LogP) is 3.19. The average molecular weight is 361 g/mol. The third kappa shape index (κ3) is 3.37. The van der Waals surface area contributed by atoms with Crippen molar-refractivity contribution in [3.8, 4) is 16.9 Å². The van der Waals surface area contributed by atoms with Gasteiger partial charge in [0.05, 0.1) is 18.6 Å². The molecule has 1 atom stereocenters. The zero-order valence-electron chi connectivity index (χ0n) is 14.0. The minimum Gasteiger partial charge on any atom is -0.497 e. The monoisotopic (exact) mass is 361 g/mol. The maximum absolute atomic E-state index is 14.5. The number of benzene rings is 2. The highest BCUT2D eigenvalue weighted by molar-refractivity contribution is 5.95. The molecular formula is C19H17F2NO4. The van der Waals surface area contributed by atoms with E-state index >= 15 is 0 Å². The summed E-state index contributed by atoms with van der Waals surface area (Å²) in [6.07, 6.45) is 0.345. The van der Waals surface area contributed by atoms with Gasteiger partial charge in [-0.25, -0.2) is 8.78 Å². The van der Waals surface area contributed by atoms with Crippen molar-refractivity contribution < 1.29 is 28.2 Å². The standard InChI is InChI=1S/C19H17F2NO4/c1-26-13-3-5-14(17(21)9-13)11-2-4-15(16(20)8-11)18(23)22-7-6-12(10-22)19(24)25/h2-5,8-9,12H,6-7,10H2,1H3,(H,24,25)/t12-/m0/s1. The molecule has 1 heterocycles. The molecule has 0 unspecified atom stereocenters. The summed E-state index contributed by atoms with van der Waals surface area (Å²) in [6.45, 7) is 0.326. The lowest BCUT2D eigenvalue weighted by molar-refractivity contribution is -0.141. The third-order valence-corrected chi connectivity index (χ3v) is 4.51. The molecule has 1 N–H and O–H groups in total. The van der Waals surface area contributed by atoms with Crippen LogP contribution in [-0.2, 0) is 4.79 Å². The molecule has 0 bridgehead atoms. The van der Waals surface area contributed by atoms with Gasteiger partial charge in [-0.1, -0.05) is 6.07 Å². The van der Waals surface area contributed by atoms with E-state index in [-0.39, 0.29) is 24.2 Å². The number of aliphatic carboxylic acids is 1. The first-order chi connectivity index (χ1) is 12.4. The second-order valence-corrected chi connectivity index (χ2v) is 6.12. The third-order valence-electron chi connectivity index (χ3n) is 4.51.